The molecule has 0 aliphatic heterocycles. The lowest BCUT2D eigenvalue weighted by molar-refractivity contribution is -0.136. The number of nitrogen functional groups attached to an aromatic ring is 1. The topological polar surface area (TPSA) is 118 Å². The van der Waals surface area contributed by atoms with Crippen molar-refractivity contribution in [2.24, 2.45) is 0 Å². The molecule has 1 rings (SSSR count). The van der Waals surface area contributed by atoms with Crippen LogP contribution in [0.1, 0.15) is 31.4 Å². The molecular formula is C12H18N4O3. The molecule has 1 heterocycles. The van der Waals surface area contributed by atoms with Crippen LogP contribution in [0.3, 0.4) is 0 Å². The molecule has 0 unspecified atom stereocenters. The van der Waals surface area contributed by atoms with Gasteiger partial charge in [0, 0.05) is 24.9 Å². The van der Waals surface area contributed by atoms with Gasteiger partial charge in [-0.3, -0.25) is 9.59 Å². The molecule has 0 bridgehead atoms. The number of nitrogens with one attached hydrogen (secondary N) is 1. The smallest absolute Gasteiger partial charge is 0.305 e. The Kier molecular flexibility index (Phi) is 6.28. The highest BCUT2D eigenvalue weighted by Crippen LogP contribution is 2.04. The number of aryl methyl sites for hydroxylation is 1. The zero-order valence-electron chi connectivity index (χ0n) is 10.6. The molecule has 7 nitrogen and oxygen atoms in total. The van der Waals surface area contributed by atoms with E-state index in [0.717, 1.165) is 25.0 Å². The Balaban J connectivity index is 2.10. The molecule has 0 saturated heterocycles. The first kappa shape index (κ1) is 14.9. The van der Waals surface area contributed by atoms with Crippen molar-refractivity contribution in [1.29, 1.82) is 0 Å². The molecule has 0 saturated carbocycles. The van der Waals surface area contributed by atoms with Crippen LogP contribution in [0.15, 0.2) is 12.3 Å². The van der Waals surface area contributed by atoms with Crippen LogP contribution in [0.5, 0.6) is 0 Å². The first-order chi connectivity index (χ1) is 9.08. The van der Waals surface area contributed by atoms with Gasteiger partial charge in [-0.2, -0.15) is 0 Å². The van der Waals surface area contributed by atoms with E-state index in [-0.39, 0.29) is 24.8 Å². The molecular weight excluding hydrogens is 248 g/mol. The minimum absolute atomic E-state index is 0.0497. The SMILES string of the molecule is Nc1nccc(CCCCC(=O)NCCC(=O)O)n1. The van der Waals surface area contributed by atoms with Gasteiger partial charge < -0.3 is 16.2 Å². The van der Waals surface area contributed by atoms with Gasteiger partial charge in [-0.25, -0.2) is 9.97 Å². The number of anilines is 1. The predicted molar refractivity (Wildman–Crippen MR) is 69.3 cm³/mol. The van der Waals surface area contributed by atoms with Crippen molar-refractivity contribution < 1.29 is 14.7 Å². The molecule has 1 amide bonds. The average molecular weight is 266 g/mol. The van der Waals surface area contributed by atoms with E-state index < -0.39 is 5.97 Å². The van der Waals surface area contributed by atoms with Crippen molar-refractivity contribution >= 4 is 17.8 Å². The summed E-state index contributed by atoms with van der Waals surface area (Å²) < 4.78 is 0. The Morgan fingerprint density at radius 3 is 2.79 bits per heavy atom. The fourth-order valence-electron chi connectivity index (χ4n) is 1.54. The average Bonchev–Trinajstić information content (AvgIpc) is 2.34. The van der Waals surface area contributed by atoms with Gasteiger partial charge in [-0.1, -0.05) is 0 Å². The number of unbranched alkanes of at least 4 members (excludes halogenated alkanes) is 1. The molecule has 0 aliphatic carbocycles. The molecule has 1 aromatic heterocycles. The number of carbonyl (C=O) groups excluding carboxylic acids is 1. The second-order valence-corrected chi connectivity index (χ2v) is 4.11. The molecule has 0 radical (unpaired) electrons. The highest BCUT2D eigenvalue weighted by molar-refractivity contribution is 5.76. The monoisotopic (exact) mass is 266 g/mol. The number of carbonyl (C=O) groups is 2. The molecule has 19 heavy (non-hydrogen) atoms. The van der Waals surface area contributed by atoms with Crippen LogP contribution >= 0.6 is 0 Å². The van der Waals surface area contributed by atoms with E-state index in [9.17, 15) is 9.59 Å². The van der Waals surface area contributed by atoms with Gasteiger partial charge in [0.2, 0.25) is 11.9 Å². The minimum Gasteiger partial charge on any atom is -0.481 e. The van der Waals surface area contributed by atoms with Crippen LogP contribution in [0.25, 0.3) is 0 Å². The lowest BCUT2D eigenvalue weighted by atomic mass is 10.1. The number of rotatable bonds is 8. The number of aromatic nitrogens is 2. The number of nitrogens with zero attached hydrogens (tertiary/aromatic N) is 2. The van der Waals surface area contributed by atoms with E-state index in [0.29, 0.717) is 6.42 Å². The van der Waals surface area contributed by atoms with E-state index in [1.54, 1.807) is 12.3 Å². The first-order valence-electron chi connectivity index (χ1n) is 6.14. The molecule has 104 valence electrons. The van der Waals surface area contributed by atoms with Crippen molar-refractivity contribution in [2.45, 2.75) is 32.1 Å². The third-order valence-electron chi connectivity index (χ3n) is 2.48. The minimum atomic E-state index is -0.915. The third kappa shape index (κ3) is 6.97. The molecule has 0 atom stereocenters. The van der Waals surface area contributed by atoms with Crippen LogP contribution in [-0.4, -0.2) is 33.5 Å². The van der Waals surface area contributed by atoms with Crippen LogP contribution in [0.4, 0.5) is 5.95 Å². The Morgan fingerprint density at radius 1 is 1.32 bits per heavy atom. The fraction of sp³-hybridized carbons (Fsp3) is 0.500. The van der Waals surface area contributed by atoms with Crippen molar-refractivity contribution in [1.82, 2.24) is 15.3 Å². The van der Waals surface area contributed by atoms with Gasteiger partial charge in [0.15, 0.2) is 0 Å². The van der Waals surface area contributed by atoms with E-state index in [4.69, 9.17) is 10.8 Å². The second kappa shape index (κ2) is 8.02. The standard InChI is InChI=1S/C12H18N4O3/c13-12-15-7-5-9(16-12)3-1-2-4-10(17)14-8-6-11(18)19/h5,7H,1-4,6,8H2,(H,14,17)(H,18,19)(H2,13,15,16). The normalized spacial score (nSPS) is 10.1. The fourth-order valence-corrected chi connectivity index (χ4v) is 1.54. The predicted octanol–water partition coefficient (Wildman–Crippen LogP) is 0.362. The number of amides is 1. The highest BCUT2D eigenvalue weighted by atomic mass is 16.4. The molecule has 0 aromatic carbocycles. The lowest BCUT2D eigenvalue weighted by Crippen LogP contribution is -2.25. The van der Waals surface area contributed by atoms with Gasteiger partial charge in [0.05, 0.1) is 6.42 Å². The molecule has 1 aromatic rings. The summed E-state index contributed by atoms with van der Waals surface area (Å²) in [4.78, 5) is 29.5. The Morgan fingerprint density at radius 2 is 2.11 bits per heavy atom. The van der Waals surface area contributed by atoms with Crippen LogP contribution in [-0.2, 0) is 16.0 Å². The number of aliphatic carboxylic acids is 1. The Labute approximate surface area is 111 Å². The molecule has 4 N–H and O–H groups in total. The van der Waals surface area contributed by atoms with Gasteiger partial charge in [-0.15, -0.1) is 0 Å². The van der Waals surface area contributed by atoms with Crippen molar-refractivity contribution in [3.63, 3.8) is 0 Å². The summed E-state index contributed by atoms with van der Waals surface area (Å²) in [5.74, 6) is -0.783. The van der Waals surface area contributed by atoms with Gasteiger partial charge >= 0.3 is 5.97 Å². The Hall–Kier alpha value is -2.18. The van der Waals surface area contributed by atoms with Gasteiger partial charge in [0.1, 0.15) is 0 Å². The number of hydrogen-bond acceptors (Lipinski definition) is 5. The van der Waals surface area contributed by atoms with Gasteiger partial charge in [-0.05, 0) is 25.3 Å². The summed E-state index contributed by atoms with van der Waals surface area (Å²) in [5.41, 5.74) is 6.32. The van der Waals surface area contributed by atoms with E-state index in [1.165, 1.54) is 0 Å². The largest absolute Gasteiger partial charge is 0.481 e. The summed E-state index contributed by atoms with van der Waals surface area (Å²) >= 11 is 0. The maximum absolute atomic E-state index is 11.3. The van der Waals surface area contributed by atoms with Crippen LogP contribution < -0.4 is 11.1 Å². The number of carboxylic acid groups (broad SMARTS) is 1. The van der Waals surface area contributed by atoms with Gasteiger partial charge in [0.25, 0.3) is 0 Å². The zero-order chi connectivity index (χ0) is 14.1. The molecule has 0 fully saturated rings. The molecule has 0 spiro atoms. The number of carboxylic acids is 1. The van der Waals surface area contributed by atoms with Crippen molar-refractivity contribution in [2.75, 3.05) is 12.3 Å². The van der Waals surface area contributed by atoms with Crippen molar-refractivity contribution in [3.05, 3.63) is 18.0 Å². The second-order valence-electron chi connectivity index (χ2n) is 4.11. The number of hydrogen-bond donors (Lipinski definition) is 3. The number of nitrogens with two attached hydrogens (primary N) is 1. The summed E-state index contributed by atoms with van der Waals surface area (Å²) in [6, 6.07) is 1.79. The summed E-state index contributed by atoms with van der Waals surface area (Å²) in [5, 5.41) is 11.0. The lowest BCUT2D eigenvalue weighted by Gasteiger charge is -2.03. The van der Waals surface area contributed by atoms with E-state index >= 15 is 0 Å². The maximum Gasteiger partial charge on any atom is 0.305 e. The molecule has 7 heteroatoms. The first-order valence-corrected chi connectivity index (χ1v) is 6.14. The zero-order valence-corrected chi connectivity index (χ0v) is 10.6. The summed E-state index contributed by atoms with van der Waals surface area (Å²) in [6.07, 6.45) is 4.24. The van der Waals surface area contributed by atoms with E-state index in [1.807, 2.05) is 0 Å². The quantitative estimate of drug-likeness (QED) is 0.585. The van der Waals surface area contributed by atoms with E-state index in [2.05, 4.69) is 15.3 Å². The maximum atomic E-state index is 11.3. The summed E-state index contributed by atoms with van der Waals surface area (Å²) in [7, 11) is 0. The third-order valence-corrected chi connectivity index (χ3v) is 2.48. The highest BCUT2D eigenvalue weighted by Gasteiger charge is 2.03. The van der Waals surface area contributed by atoms with Crippen LogP contribution in [0.2, 0.25) is 0 Å². The Bertz CT molecular complexity index is 437. The summed E-state index contributed by atoms with van der Waals surface area (Å²) in [6.45, 7) is 0.177. The molecule has 0 aliphatic rings. The van der Waals surface area contributed by atoms with Crippen LogP contribution in [0, 0.1) is 0 Å². The van der Waals surface area contributed by atoms with Crippen molar-refractivity contribution in [3.8, 4) is 0 Å².